The van der Waals surface area contributed by atoms with Gasteiger partial charge in [-0.1, -0.05) is 140 Å². The van der Waals surface area contributed by atoms with E-state index in [9.17, 15) is 0 Å². The van der Waals surface area contributed by atoms with Gasteiger partial charge >= 0.3 is 0 Å². The number of fused-ring (bicyclic) bond motifs is 7. The van der Waals surface area contributed by atoms with E-state index in [2.05, 4.69) is 158 Å². The lowest BCUT2D eigenvalue weighted by Crippen LogP contribution is -1.90. The molecule has 0 radical (unpaired) electrons. The van der Waals surface area contributed by atoms with Crippen LogP contribution in [0.5, 0.6) is 0 Å². The first-order valence-corrected chi connectivity index (χ1v) is 13.9. The summed E-state index contributed by atoms with van der Waals surface area (Å²) in [7, 11) is 0. The van der Waals surface area contributed by atoms with Crippen molar-refractivity contribution in [3.63, 3.8) is 0 Å². The lowest BCUT2D eigenvalue weighted by Gasteiger charge is -2.17. The van der Waals surface area contributed by atoms with Crippen molar-refractivity contribution in [3.05, 3.63) is 158 Å². The molecule has 0 spiro atoms. The zero-order chi connectivity index (χ0) is 26.5. The standard InChI is InChI=1S/C40H26/c1-2-11-30(12-3-1)38-25-33(26-39-36-16-7-6-14-34(36)35-15-8-9-17-37(35)40(38)39)29-20-18-28(19-21-29)32-23-22-27-10-4-5-13-31(27)24-32/h1-26H. The molecule has 0 nitrogen and oxygen atoms in total. The van der Waals surface area contributed by atoms with Crippen LogP contribution in [0.4, 0.5) is 0 Å². The topological polar surface area (TPSA) is 0 Å². The first kappa shape index (κ1) is 22.8. The van der Waals surface area contributed by atoms with E-state index in [4.69, 9.17) is 0 Å². The molecule has 186 valence electrons. The van der Waals surface area contributed by atoms with Crippen LogP contribution in [0.15, 0.2) is 158 Å². The van der Waals surface area contributed by atoms with Crippen LogP contribution in [0.25, 0.3) is 76.5 Å². The van der Waals surface area contributed by atoms with Crippen LogP contribution in [-0.4, -0.2) is 0 Å². The molecular formula is C40H26. The van der Waals surface area contributed by atoms with Crippen LogP contribution in [0.2, 0.25) is 0 Å². The van der Waals surface area contributed by atoms with Crippen molar-refractivity contribution in [2.24, 2.45) is 0 Å². The fourth-order valence-electron chi connectivity index (χ4n) is 6.27. The molecule has 0 bridgehead atoms. The highest BCUT2D eigenvalue weighted by Gasteiger charge is 2.15. The van der Waals surface area contributed by atoms with Crippen molar-refractivity contribution in [3.8, 4) is 33.4 Å². The van der Waals surface area contributed by atoms with Gasteiger partial charge < -0.3 is 0 Å². The number of hydrogen-bond acceptors (Lipinski definition) is 0. The Hall–Kier alpha value is -5.20. The van der Waals surface area contributed by atoms with Gasteiger partial charge in [0.15, 0.2) is 0 Å². The second-order valence-corrected chi connectivity index (χ2v) is 10.5. The molecule has 0 aliphatic carbocycles. The van der Waals surface area contributed by atoms with Gasteiger partial charge in [0.25, 0.3) is 0 Å². The summed E-state index contributed by atoms with van der Waals surface area (Å²) >= 11 is 0. The lowest BCUT2D eigenvalue weighted by atomic mass is 9.87. The molecule has 0 unspecified atom stereocenters. The van der Waals surface area contributed by atoms with Gasteiger partial charge in [-0.25, -0.2) is 0 Å². The van der Waals surface area contributed by atoms with E-state index in [0.29, 0.717) is 0 Å². The van der Waals surface area contributed by atoms with Crippen LogP contribution in [0.1, 0.15) is 0 Å². The highest BCUT2D eigenvalue weighted by Crippen LogP contribution is 2.42. The predicted molar refractivity (Wildman–Crippen MR) is 173 cm³/mol. The lowest BCUT2D eigenvalue weighted by molar-refractivity contribution is 1.61. The Balaban J connectivity index is 1.36. The molecule has 0 amide bonds. The van der Waals surface area contributed by atoms with Crippen molar-refractivity contribution in [2.75, 3.05) is 0 Å². The number of benzene rings is 8. The molecular weight excluding hydrogens is 480 g/mol. The van der Waals surface area contributed by atoms with Gasteiger partial charge in [0.2, 0.25) is 0 Å². The Labute approximate surface area is 233 Å². The van der Waals surface area contributed by atoms with E-state index in [1.807, 2.05) is 0 Å². The Morgan fingerprint density at radius 2 is 0.775 bits per heavy atom. The Kier molecular flexibility index (Phi) is 5.24. The highest BCUT2D eigenvalue weighted by atomic mass is 14.2. The second-order valence-electron chi connectivity index (χ2n) is 10.5. The minimum Gasteiger partial charge on any atom is -0.0622 e. The quantitative estimate of drug-likeness (QED) is 0.209. The van der Waals surface area contributed by atoms with Gasteiger partial charge in [0.05, 0.1) is 0 Å². The molecule has 0 heteroatoms. The van der Waals surface area contributed by atoms with Gasteiger partial charge in [-0.3, -0.25) is 0 Å². The molecule has 40 heavy (non-hydrogen) atoms. The Morgan fingerprint density at radius 3 is 1.50 bits per heavy atom. The minimum absolute atomic E-state index is 1.22. The largest absolute Gasteiger partial charge is 0.0622 e. The molecule has 0 aliphatic heterocycles. The summed E-state index contributed by atoms with van der Waals surface area (Å²) in [5, 5.41) is 10.3. The van der Waals surface area contributed by atoms with Crippen molar-refractivity contribution in [1.82, 2.24) is 0 Å². The summed E-state index contributed by atoms with van der Waals surface area (Å²) in [6.07, 6.45) is 0. The third-order valence-electron chi connectivity index (χ3n) is 8.23. The van der Waals surface area contributed by atoms with Gasteiger partial charge in [-0.2, -0.15) is 0 Å². The van der Waals surface area contributed by atoms with Crippen molar-refractivity contribution < 1.29 is 0 Å². The van der Waals surface area contributed by atoms with E-state index in [0.717, 1.165) is 0 Å². The molecule has 0 aromatic heterocycles. The summed E-state index contributed by atoms with van der Waals surface area (Å²) in [4.78, 5) is 0. The van der Waals surface area contributed by atoms with Crippen LogP contribution < -0.4 is 0 Å². The molecule has 0 aliphatic rings. The number of hydrogen-bond donors (Lipinski definition) is 0. The van der Waals surface area contributed by atoms with Crippen LogP contribution in [0, 0.1) is 0 Å². The third-order valence-corrected chi connectivity index (χ3v) is 8.23. The maximum Gasteiger partial charge on any atom is -0.00199 e. The molecule has 0 fully saturated rings. The van der Waals surface area contributed by atoms with Gasteiger partial charge in [0, 0.05) is 0 Å². The third kappa shape index (κ3) is 3.69. The van der Waals surface area contributed by atoms with Crippen molar-refractivity contribution in [2.45, 2.75) is 0 Å². The predicted octanol–water partition coefficient (Wildman–Crippen LogP) is 11.3. The first-order chi connectivity index (χ1) is 19.8. The van der Waals surface area contributed by atoms with Crippen LogP contribution >= 0.6 is 0 Å². The summed E-state index contributed by atoms with van der Waals surface area (Å²) in [6.45, 7) is 0. The van der Waals surface area contributed by atoms with Crippen LogP contribution in [-0.2, 0) is 0 Å². The zero-order valence-electron chi connectivity index (χ0n) is 22.0. The van der Waals surface area contributed by atoms with E-state index in [1.165, 1.54) is 76.5 Å². The smallest absolute Gasteiger partial charge is 0.00199 e. The summed E-state index contributed by atoms with van der Waals surface area (Å²) in [5.41, 5.74) is 7.44. The van der Waals surface area contributed by atoms with Crippen LogP contribution in [0.3, 0.4) is 0 Å². The van der Waals surface area contributed by atoms with Gasteiger partial charge in [-0.15, -0.1) is 0 Å². The summed E-state index contributed by atoms with van der Waals surface area (Å²) in [6, 6.07) is 57.5. The summed E-state index contributed by atoms with van der Waals surface area (Å²) < 4.78 is 0. The fraction of sp³-hybridized carbons (Fsp3) is 0. The Morgan fingerprint density at radius 1 is 0.250 bits per heavy atom. The Bertz CT molecular complexity index is 2190. The molecule has 0 atom stereocenters. The highest BCUT2D eigenvalue weighted by molar-refractivity contribution is 6.29. The molecule has 0 heterocycles. The van der Waals surface area contributed by atoms with Gasteiger partial charge in [-0.05, 0) is 94.7 Å². The van der Waals surface area contributed by atoms with E-state index < -0.39 is 0 Å². The minimum atomic E-state index is 1.22. The van der Waals surface area contributed by atoms with Gasteiger partial charge in [0.1, 0.15) is 0 Å². The summed E-state index contributed by atoms with van der Waals surface area (Å²) in [5.74, 6) is 0. The average molecular weight is 507 g/mol. The molecule has 0 N–H and O–H groups in total. The zero-order valence-corrected chi connectivity index (χ0v) is 22.0. The van der Waals surface area contributed by atoms with Crippen molar-refractivity contribution in [1.29, 1.82) is 0 Å². The number of rotatable bonds is 3. The average Bonchev–Trinajstić information content (AvgIpc) is 3.04. The fourth-order valence-corrected chi connectivity index (χ4v) is 6.27. The maximum absolute atomic E-state index is 2.39. The monoisotopic (exact) mass is 506 g/mol. The molecule has 8 rings (SSSR count). The van der Waals surface area contributed by atoms with E-state index >= 15 is 0 Å². The molecule has 8 aromatic rings. The molecule has 8 aromatic carbocycles. The van der Waals surface area contributed by atoms with Crippen molar-refractivity contribution >= 4 is 43.1 Å². The molecule has 0 saturated heterocycles. The van der Waals surface area contributed by atoms with E-state index in [1.54, 1.807) is 0 Å². The van der Waals surface area contributed by atoms with E-state index in [-0.39, 0.29) is 0 Å². The normalized spacial score (nSPS) is 11.5. The molecule has 0 saturated carbocycles. The first-order valence-electron chi connectivity index (χ1n) is 13.9. The second kappa shape index (κ2) is 9.22. The SMILES string of the molecule is c1ccc(-c2cc(-c3ccc(-c4ccc5ccccc5c4)cc3)cc3c4ccccc4c4ccccc4c23)cc1. The maximum atomic E-state index is 2.39.